The molecule has 0 saturated carbocycles. The maximum Gasteiger partial charge on any atom is 0.264 e. The first-order chi connectivity index (χ1) is 17.8. The van der Waals surface area contributed by atoms with Crippen LogP contribution in [0.4, 0.5) is 0 Å². The van der Waals surface area contributed by atoms with E-state index in [1.807, 2.05) is 31.2 Å². The van der Waals surface area contributed by atoms with Gasteiger partial charge >= 0.3 is 0 Å². The summed E-state index contributed by atoms with van der Waals surface area (Å²) in [5.74, 6) is -0.324. The molecule has 5 rings (SSSR count). The molecule has 0 spiro atoms. The second kappa shape index (κ2) is 10.3. The van der Waals surface area contributed by atoms with Gasteiger partial charge in [0.2, 0.25) is 10.0 Å². The summed E-state index contributed by atoms with van der Waals surface area (Å²) in [6.45, 7) is 4.08. The van der Waals surface area contributed by atoms with E-state index in [2.05, 4.69) is 15.4 Å². The van der Waals surface area contributed by atoms with Crippen LogP contribution in [0.5, 0.6) is 0 Å². The van der Waals surface area contributed by atoms with Crippen molar-refractivity contribution in [3.63, 3.8) is 0 Å². The molecule has 0 atom stereocenters. The summed E-state index contributed by atoms with van der Waals surface area (Å²) in [7, 11) is -3.52. The van der Waals surface area contributed by atoms with Gasteiger partial charge in [-0.05, 0) is 49.6 Å². The molecule has 192 valence electrons. The number of amides is 1. The number of carbonyl (C=O) groups excluding carboxylic acids is 1. The van der Waals surface area contributed by atoms with Gasteiger partial charge in [-0.3, -0.25) is 14.2 Å². The summed E-state index contributed by atoms with van der Waals surface area (Å²) >= 11 is 0. The molecule has 2 aromatic heterocycles. The third kappa shape index (κ3) is 5.18. The lowest BCUT2D eigenvalue weighted by atomic mass is 10.1. The van der Waals surface area contributed by atoms with Crippen molar-refractivity contribution < 1.29 is 13.2 Å². The van der Waals surface area contributed by atoms with E-state index in [1.54, 1.807) is 9.25 Å². The summed E-state index contributed by atoms with van der Waals surface area (Å²) in [6, 6.07) is 13.9. The second-order valence-electron chi connectivity index (χ2n) is 9.16. The molecule has 1 amide bonds. The van der Waals surface area contributed by atoms with Gasteiger partial charge in [0.25, 0.3) is 11.5 Å². The molecule has 11 heteroatoms. The predicted octanol–water partition coefficient (Wildman–Crippen LogP) is 2.16. The molecule has 37 heavy (non-hydrogen) atoms. The molecule has 1 fully saturated rings. The van der Waals surface area contributed by atoms with Crippen LogP contribution in [0.1, 0.15) is 34.3 Å². The highest BCUT2D eigenvalue weighted by molar-refractivity contribution is 7.89. The summed E-state index contributed by atoms with van der Waals surface area (Å²) in [4.78, 5) is 30.1. The van der Waals surface area contributed by atoms with Crippen molar-refractivity contribution in [2.45, 2.75) is 37.8 Å². The van der Waals surface area contributed by atoms with Crippen LogP contribution < -0.4 is 10.9 Å². The van der Waals surface area contributed by atoms with Crippen LogP contribution in [0.25, 0.3) is 11.0 Å². The van der Waals surface area contributed by atoms with E-state index in [4.69, 9.17) is 0 Å². The number of benzene rings is 2. The van der Waals surface area contributed by atoms with Crippen LogP contribution in [0.3, 0.4) is 0 Å². The number of fused-ring (bicyclic) bond motifs is 1. The number of hydrogen-bond donors (Lipinski definition) is 1. The van der Waals surface area contributed by atoms with Gasteiger partial charge in [0.1, 0.15) is 11.7 Å². The molecule has 0 unspecified atom stereocenters. The average Bonchev–Trinajstić information content (AvgIpc) is 3.59. The van der Waals surface area contributed by atoms with Gasteiger partial charge in [-0.25, -0.2) is 18.1 Å². The highest BCUT2D eigenvalue weighted by Gasteiger charge is 2.27. The predicted molar refractivity (Wildman–Crippen MR) is 139 cm³/mol. The van der Waals surface area contributed by atoms with E-state index in [0.29, 0.717) is 42.8 Å². The molecule has 3 heterocycles. The molecule has 0 radical (unpaired) electrons. The zero-order valence-electron chi connectivity index (χ0n) is 20.5. The second-order valence-corrected chi connectivity index (χ2v) is 11.1. The Bertz CT molecular complexity index is 1590. The van der Waals surface area contributed by atoms with Crippen molar-refractivity contribution in [1.29, 1.82) is 0 Å². The largest absolute Gasteiger partial charge is 0.350 e. The van der Waals surface area contributed by atoms with Crippen molar-refractivity contribution in [2.75, 3.05) is 19.6 Å². The first-order valence-corrected chi connectivity index (χ1v) is 13.6. The number of carbonyl (C=O) groups is 1. The molecule has 1 aliphatic rings. The molecular weight excluding hydrogens is 492 g/mol. The van der Waals surface area contributed by atoms with E-state index in [9.17, 15) is 18.0 Å². The SMILES string of the molecule is Cc1ccc(Cn2cnc3c(cnn3CCNC(=O)c3ccc(S(=O)(=O)N4CCCC4)cc3)c2=O)cc1. The lowest BCUT2D eigenvalue weighted by Gasteiger charge is -2.15. The number of aromatic nitrogens is 4. The highest BCUT2D eigenvalue weighted by atomic mass is 32.2. The number of sulfonamides is 1. The Morgan fingerprint density at radius 2 is 1.73 bits per heavy atom. The molecule has 0 bridgehead atoms. The summed E-state index contributed by atoms with van der Waals surface area (Å²) in [5, 5.41) is 7.50. The fraction of sp³-hybridized carbons (Fsp3) is 0.308. The van der Waals surface area contributed by atoms with E-state index < -0.39 is 10.0 Å². The fourth-order valence-electron chi connectivity index (χ4n) is 4.40. The lowest BCUT2D eigenvalue weighted by molar-refractivity contribution is 0.0952. The van der Waals surface area contributed by atoms with Crippen molar-refractivity contribution in [3.8, 4) is 0 Å². The van der Waals surface area contributed by atoms with E-state index >= 15 is 0 Å². The summed E-state index contributed by atoms with van der Waals surface area (Å²) in [5.41, 5.74) is 2.80. The summed E-state index contributed by atoms with van der Waals surface area (Å²) < 4.78 is 29.9. The first kappa shape index (κ1) is 24.8. The number of hydrogen-bond acceptors (Lipinski definition) is 6. The number of aryl methyl sites for hydroxylation is 1. The van der Waals surface area contributed by atoms with Crippen LogP contribution in [0.15, 0.2) is 70.7 Å². The quantitative estimate of drug-likeness (QED) is 0.380. The standard InChI is InChI=1S/C26H28N6O4S/c1-19-4-6-20(7-5-19)17-30-18-28-24-23(26(30)34)16-29-32(24)15-12-27-25(33)21-8-10-22(11-9-21)37(35,36)31-13-2-3-14-31/h4-11,16,18H,2-3,12-15,17H2,1H3,(H,27,33). The normalized spacial score (nSPS) is 14.3. The van der Waals surface area contributed by atoms with Gasteiger partial charge in [-0.2, -0.15) is 9.40 Å². The van der Waals surface area contributed by atoms with E-state index in [0.717, 1.165) is 24.0 Å². The lowest BCUT2D eigenvalue weighted by Crippen LogP contribution is -2.29. The van der Waals surface area contributed by atoms with Crippen molar-refractivity contribution >= 4 is 27.0 Å². The molecule has 1 aliphatic heterocycles. The zero-order chi connectivity index (χ0) is 26.0. The molecule has 1 saturated heterocycles. The van der Waals surface area contributed by atoms with Gasteiger partial charge in [0.15, 0.2) is 5.65 Å². The Morgan fingerprint density at radius 1 is 1.03 bits per heavy atom. The molecule has 0 aliphatic carbocycles. The number of rotatable bonds is 8. The fourth-order valence-corrected chi connectivity index (χ4v) is 5.91. The van der Waals surface area contributed by atoms with Gasteiger partial charge in [-0.1, -0.05) is 29.8 Å². The van der Waals surface area contributed by atoms with Gasteiger partial charge < -0.3 is 5.32 Å². The highest BCUT2D eigenvalue weighted by Crippen LogP contribution is 2.21. The van der Waals surface area contributed by atoms with Gasteiger partial charge in [0.05, 0.1) is 24.2 Å². The maximum absolute atomic E-state index is 12.9. The molecular formula is C26H28N6O4S. The zero-order valence-corrected chi connectivity index (χ0v) is 21.3. The van der Waals surface area contributed by atoms with Crippen LogP contribution >= 0.6 is 0 Å². The molecule has 2 aromatic carbocycles. The Kier molecular flexibility index (Phi) is 6.90. The molecule has 1 N–H and O–H groups in total. The van der Waals surface area contributed by atoms with Gasteiger partial charge in [-0.15, -0.1) is 0 Å². The van der Waals surface area contributed by atoms with E-state index in [1.165, 1.54) is 41.1 Å². The monoisotopic (exact) mass is 520 g/mol. The van der Waals surface area contributed by atoms with Crippen LogP contribution in [-0.4, -0.2) is 57.6 Å². The number of nitrogens with one attached hydrogen (secondary N) is 1. The maximum atomic E-state index is 12.9. The Balaban J connectivity index is 1.21. The Labute approximate surface area is 214 Å². The topological polar surface area (TPSA) is 119 Å². The third-order valence-corrected chi connectivity index (χ3v) is 8.44. The third-order valence-electron chi connectivity index (χ3n) is 6.52. The minimum atomic E-state index is -3.52. The van der Waals surface area contributed by atoms with E-state index in [-0.39, 0.29) is 22.9 Å². The van der Waals surface area contributed by atoms with Crippen LogP contribution in [0.2, 0.25) is 0 Å². The summed E-state index contributed by atoms with van der Waals surface area (Å²) in [6.07, 6.45) is 4.74. The van der Waals surface area contributed by atoms with Crippen molar-refractivity contribution in [3.05, 3.63) is 88.1 Å². The van der Waals surface area contributed by atoms with Crippen molar-refractivity contribution in [2.24, 2.45) is 0 Å². The first-order valence-electron chi connectivity index (χ1n) is 12.2. The van der Waals surface area contributed by atoms with Crippen LogP contribution in [0, 0.1) is 6.92 Å². The van der Waals surface area contributed by atoms with Crippen LogP contribution in [-0.2, 0) is 23.1 Å². The molecule has 10 nitrogen and oxygen atoms in total. The van der Waals surface area contributed by atoms with Gasteiger partial charge in [0, 0.05) is 25.2 Å². The van der Waals surface area contributed by atoms with Crippen molar-refractivity contribution in [1.82, 2.24) is 29.0 Å². The Hall–Kier alpha value is -3.83. The Morgan fingerprint density at radius 3 is 2.43 bits per heavy atom. The smallest absolute Gasteiger partial charge is 0.264 e. The minimum Gasteiger partial charge on any atom is -0.350 e. The molecule has 4 aromatic rings. The minimum absolute atomic E-state index is 0.176. The average molecular weight is 521 g/mol. The number of nitrogens with zero attached hydrogens (tertiary/aromatic N) is 5.